The number of methoxy groups -OCH3 is 1. The van der Waals surface area contributed by atoms with Crippen LogP contribution < -0.4 is 0 Å². The van der Waals surface area contributed by atoms with Gasteiger partial charge < -0.3 is 14.0 Å². The number of carbonyl (C=O) groups excluding carboxylic acids is 2. The van der Waals surface area contributed by atoms with E-state index in [2.05, 4.69) is 4.57 Å². The molecule has 0 radical (unpaired) electrons. The summed E-state index contributed by atoms with van der Waals surface area (Å²) >= 11 is 1.52. The molecular formula is C21H27NO4S. The quantitative estimate of drug-likeness (QED) is 0.406. The van der Waals surface area contributed by atoms with Crippen LogP contribution in [0.25, 0.3) is 0 Å². The highest BCUT2D eigenvalue weighted by Gasteiger charge is 2.20. The highest BCUT2D eigenvalue weighted by atomic mass is 32.1. The Morgan fingerprint density at radius 2 is 1.93 bits per heavy atom. The van der Waals surface area contributed by atoms with Crippen molar-refractivity contribution in [2.24, 2.45) is 0 Å². The second-order valence-corrected chi connectivity index (χ2v) is 8.19. The lowest BCUT2D eigenvalue weighted by atomic mass is 10.1. The topological polar surface area (TPSA) is 57.5 Å². The smallest absolute Gasteiger partial charge is 0.348 e. The monoisotopic (exact) mass is 389 g/mol. The highest BCUT2D eigenvalue weighted by molar-refractivity contribution is 7.14. The minimum Gasteiger partial charge on any atom is -0.453 e. The maximum Gasteiger partial charge on any atom is 0.348 e. The van der Waals surface area contributed by atoms with Crippen LogP contribution in [0.5, 0.6) is 0 Å². The third-order valence-electron chi connectivity index (χ3n) is 5.18. The molecule has 27 heavy (non-hydrogen) atoms. The molecule has 0 atom stereocenters. The fourth-order valence-electron chi connectivity index (χ4n) is 3.66. The lowest BCUT2D eigenvalue weighted by Gasteiger charge is -2.09. The van der Waals surface area contributed by atoms with Crippen LogP contribution in [0.15, 0.2) is 12.1 Å². The van der Waals surface area contributed by atoms with Gasteiger partial charge in [-0.1, -0.05) is 6.42 Å². The Labute approximate surface area is 164 Å². The Morgan fingerprint density at radius 3 is 2.70 bits per heavy atom. The SMILES string of the molecule is COCCn1c(C)cc(C(=O)COC(=O)c2cc3c(s2)CCCCC3)c1C. The van der Waals surface area contributed by atoms with Gasteiger partial charge in [0.25, 0.3) is 0 Å². The molecule has 0 unspecified atom stereocenters. The zero-order valence-electron chi connectivity index (χ0n) is 16.3. The number of hydrogen-bond acceptors (Lipinski definition) is 5. The minimum atomic E-state index is -0.394. The van der Waals surface area contributed by atoms with Gasteiger partial charge in [-0.2, -0.15) is 0 Å². The molecule has 0 aromatic carbocycles. The van der Waals surface area contributed by atoms with Gasteiger partial charge in [-0.25, -0.2) is 4.79 Å². The molecule has 5 nitrogen and oxygen atoms in total. The van der Waals surface area contributed by atoms with Gasteiger partial charge in [-0.05, 0) is 57.2 Å². The number of ketones is 1. The number of aromatic nitrogens is 1. The lowest BCUT2D eigenvalue weighted by molar-refractivity contribution is 0.0479. The van der Waals surface area contributed by atoms with Crippen LogP contribution in [-0.4, -0.2) is 36.6 Å². The summed E-state index contributed by atoms with van der Waals surface area (Å²) < 4.78 is 12.5. The average molecular weight is 390 g/mol. The maximum absolute atomic E-state index is 12.6. The van der Waals surface area contributed by atoms with Gasteiger partial charge in [0.05, 0.1) is 6.61 Å². The molecule has 3 rings (SSSR count). The van der Waals surface area contributed by atoms with Crippen molar-refractivity contribution in [3.05, 3.63) is 44.4 Å². The number of carbonyl (C=O) groups is 2. The molecule has 2 aromatic heterocycles. The van der Waals surface area contributed by atoms with Crippen molar-refractivity contribution in [1.29, 1.82) is 0 Å². The molecule has 0 amide bonds. The minimum absolute atomic E-state index is 0.168. The van der Waals surface area contributed by atoms with Crippen molar-refractivity contribution in [2.75, 3.05) is 20.3 Å². The van der Waals surface area contributed by atoms with Crippen LogP contribution >= 0.6 is 11.3 Å². The first-order valence-corrected chi connectivity index (χ1v) is 10.3. The first-order valence-electron chi connectivity index (χ1n) is 9.49. The van der Waals surface area contributed by atoms with Crippen molar-refractivity contribution in [3.63, 3.8) is 0 Å². The molecule has 2 aromatic rings. The molecule has 0 N–H and O–H groups in total. The molecule has 0 spiro atoms. The van der Waals surface area contributed by atoms with Gasteiger partial charge in [-0.15, -0.1) is 11.3 Å². The van der Waals surface area contributed by atoms with Crippen LogP contribution in [-0.2, 0) is 28.9 Å². The van der Waals surface area contributed by atoms with Gasteiger partial charge in [0.15, 0.2) is 6.61 Å². The number of hydrogen-bond donors (Lipinski definition) is 0. The zero-order valence-corrected chi connectivity index (χ0v) is 17.1. The number of Topliss-reactive ketones (excluding diaryl/α,β-unsaturated/α-hetero) is 1. The molecule has 6 heteroatoms. The van der Waals surface area contributed by atoms with E-state index >= 15 is 0 Å². The number of rotatable bonds is 7. The molecule has 1 aliphatic rings. The largest absolute Gasteiger partial charge is 0.453 e. The number of nitrogens with zero attached hydrogens (tertiary/aromatic N) is 1. The van der Waals surface area contributed by atoms with Crippen molar-refractivity contribution in [3.8, 4) is 0 Å². The van der Waals surface area contributed by atoms with Crippen LogP contribution in [0, 0.1) is 13.8 Å². The predicted molar refractivity (Wildman–Crippen MR) is 106 cm³/mol. The molecule has 2 heterocycles. The highest BCUT2D eigenvalue weighted by Crippen LogP contribution is 2.29. The van der Waals surface area contributed by atoms with Gasteiger partial charge >= 0.3 is 5.97 Å². The second kappa shape index (κ2) is 8.85. The molecular weight excluding hydrogens is 362 g/mol. The van der Waals surface area contributed by atoms with E-state index in [1.165, 1.54) is 41.0 Å². The van der Waals surface area contributed by atoms with Crippen LogP contribution in [0.4, 0.5) is 0 Å². The summed E-state index contributed by atoms with van der Waals surface area (Å²) in [6, 6.07) is 3.81. The number of aryl methyl sites for hydroxylation is 3. The Balaban J connectivity index is 1.63. The van der Waals surface area contributed by atoms with E-state index in [1.807, 2.05) is 26.0 Å². The van der Waals surface area contributed by atoms with E-state index in [9.17, 15) is 9.59 Å². The van der Waals surface area contributed by atoms with Gasteiger partial charge in [0.1, 0.15) is 4.88 Å². The maximum atomic E-state index is 12.6. The van der Waals surface area contributed by atoms with Crippen LogP contribution in [0.2, 0.25) is 0 Å². The van der Waals surface area contributed by atoms with Gasteiger partial charge in [0.2, 0.25) is 5.78 Å². The number of esters is 1. The Bertz CT molecular complexity index is 810. The number of ether oxygens (including phenoxy) is 2. The molecule has 0 saturated heterocycles. The van der Waals surface area contributed by atoms with E-state index in [4.69, 9.17) is 9.47 Å². The summed E-state index contributed by atoms with van der Waals surface area (Å²) in [7, 11) is 1.66. The summed E-state index contributed by atoms with van der Waals surface area (Å²) in [5, 5.41) is 0. The van der Waals surface area contributed by atoms with Crippen molar-refractivity contribution >= 4 is 23.1 Å². The standard InChI is InChI=1S/C21H27NO4S/c1-14-11-17(15(2)22(14)9-10-25-3)18(23)13-26-21(24)20-12-16-7-5-4-6-8-19(16)27-20/h11-12H,4-10,13H2,1-3H3. The first kappa shape index (κ1) is 19.8. The van der Waals surface area contributed by atoms with E-state index in [1.54, 1.807) is 7.11 Å². The number of fused-ring (bicyclic) bond motifs is 1. The molecule has 146 valence electrons. The summed E-state index contributed by atoms with van der Waals surface area (Å²) in [6.07, 6.45) is 5.68. The van der Waals surface area contributed by atoms with Crippen molar-refractivity contribution in [2.45, 2.75) is 52.5 Å². The zero-order chi connectivity index (χ0) is 19.4. The normalized spacial score (nSPS) is 13.9. The fraction of sp³-hybridized carbons (Fsp3) is 0.524. The third-order valence-corrected chi connectivity index (χ3v) is 6.39. The van der Waals surface area contributed by atoms with E-state index in [0.717, 1.165) is 24.2 Å². The van der Waals surface area contributed by atoms with E-state index < -0.39 is 5.97 Å². The Hall–Kier alpha value is -1.92. The predicted octanol–water partition coefficient (Wildman–Crippen LogP) is 4.12. The van der Waals surface area contributed by atoms with Crippen LogP contribution in [0.3, 0.4) is 0 Å². The number of thiophene rings is 1. The third kappa shape index (κ3) is 4.50. The van der Waals surface area contributed by atoms with Crippen molar-refractivity contribution < 1.29 is 19.1 Å². The Morgan fingerprint density at radius 1 is 1.15 bits per heavy atom. The van der Waals surface area contributed by atoms with Gasteiger partial charge in [0, 0.05) is 35.5 Å². The summed E-state index contributed by atoms with van der Waals surface area (Å²) in [5.74, 6) is -0.562. The second-order valence-electron chi connectivity index (χ2n) is 7.05. The summed E-state index contributed by atoms with van der Waals surface area (Å²) in [5.41, 5.74) is 3.77. The molecule has 0 saturated carbocycles. The molecule has 0 fully saturated rings. The van der Waals surface area contributed by atoms with E-state index in [-0.39, 0.29) is 12.4 Å². The fourth-order valence-corrected chi connectivity index (χ4v) is 4.81. The molecule has 0 aliphatic heterocycles. The summed E-state index contributed by atoms with van der Waals surface area (Å²) in [6.45, 7) is 4.93. The van der Waals surface area contributed by atoms with E-state index in [0.29, 0.717) is 23.6 Å². The van der Waals surface area contributed by atoms with Crippen molar-refractivity contribution in [1.82, 2.24) is 4.57 Å². The average Bonchev–Trinajstić information content (AvgIpc) is 3.10. The van der Waals surface area contributed by atoms with Crippen LogP contribution in [0.1, 0.15) is 61.1 Å². The Kier molecular flexibility index (Phi) is 6.50. The molecule has 1 aliphatic carbocycles. The summed E-state index contributed by atoms with van der Waals surface area (Å²) in [4.78, 5) is 26.9. The lowest BCUT2D eigenvalue weighted by Crippen LogP contribution is -2.15. The molecule has 0 bridgehead atoms. The first-order chi connectivity index (χ1) is 13.0. The van der Waals surface area contributed by atoms with Gasteiger partial charge in [-0.3, -0.25) is 4.79 Å².